The Morgan fingerprint density at radius 3 is 2.12 bits per heavy atom. The van der Waals surface area contributed by atoms with Gasteiger partial charge in [0.15, 0.2) is 11.5 Å². The largest absolute Gasteiger partial charge is 0.496 e. The van der Waals surface area contributed by atoms with Crippen LogP contribution in [0.2, 0.25) is 0 Å². The molecule has 0 saturated carbocycles. The van der Waals surface area contributed by atoms with E-state index in [0.717, 1.165) is 49.7 Å². The van der Waals surface area contributed by atoms with Crippen LogP contribution in [0.25, 0.3) is 0 Å². The molecule has 1 aliphatic carbocycles. The summed E-state index contributed by atoms with van der Waals surface area (Å²) in [6.07, 6.45) is 5.54. The molecule has 1 unspecified atom stereocenters. The molecule has 3 rings (SSSR count). The molecule has 2 aliphatic rings. The molecule has 1 fully saturated rings. The first-order valence-corrected chi connectivity index (χ1v) is 9.95. The van der Waals surface area contributed by atoms with Crippen molar-refractivity contribution in [1.29, 1.82) is 0 Å². The second-order valence-electron chi connectivity index (χ2n) is 6.70. The van der Waals surface area contributed by atoms with E-state index in [-0.39, 0.29) is 5.92 Å². The van der Waals surface area contributed by atoms with Crippen molar-refractivity contribution in [3.05, 3.63) is 39.1 Å². The number of allylic oxidation sites excluding steroid dienone is 3. The van der Waals surface area contributed by atoms with Crippen molar-refractivity contribution >= 4 is 22.6 Å². The van der Waals surface area contributed by atoms with Gasteiger partial charge in [-0.05, 0) is 48.2 Å². The molecule has 6 heteroatoms. The van der Waals surface area contributed by atoms with Gasteiger partial charge in [-0.25, -0.2) is 0 Å². The number of hydrogen-bond donors (Lipinski definition) is 0. The summed E-state index contributed by atoms with van der Waals surface area (Å²) in [5, 5.41) is 0. The second-order valence-corrected chi connectivity index (χ2v) is 8.00. The van der Waals surface area contributed by atoms with Crippen molar-refractivity contribution in [2.45, 2.75) is 12.3 Å². The Balaban J connectivity index is 1.84. The van der Waals surface area contributed by atoms with E-state index in [0.29, 0.717) is 5.75 Å². The number of methoxy groups -OCH3 is 3. The number of nitrogens with zero attached hydrogens (tertiary/aromatic N) is 2. The van der Waals surface area contributed by atoms with Crippen molar-refractivity contribution in [2.75, 3.05) is 54.6 Å². The van der Waals surface area contributed by atoms with Gasteiger partial charge >= 0.3 is 0 Å². The Morgan fingerprint density at radius 1 is 0.923 bits per heavy atom. The molecule has 0 spiro atoms. The van der Waals surface area contributed by atoms with Gasteiger partial charge in [-0.1, -0.05) is 6.08 Å². The van der Waals surface area contributed by atoms with Crippen LogP contribution in [0.5, 0.6) is 17.2 Å². The van der Waals surface area contributed by atoms with Crippen molar-refractivity contribution in [3.63, 3.8) is 0 Å². The van der Waals surface area contributed by atoms with Gasteiger partial charge in [0.05, 0.1) is 21.3 Å². The highest BCUT2D eigenvalue weighted by Gasteiger charge is 2.25. The summed E-state index contributed by atoms with van der Waals surface area (Å²) < 4.78 is 17.9. The van der Waals surface area contributed by atoms with Gasteiger partial charge < -0.3 is 24.0 Å². The van der Waals surface area contributed by atoms with Crippen molar-refractivity contribution in [2.24, 2.45) is 0 Å². The van der Waals surface area contributed by atoms with Crippen LogP contribution in [-0.4, -0.2) is 64.4 Å². The number of piperazine rings is 1. The number of benzene rings is 1. The van der Waals surface area contributed by atoms with E-state index in [1.165, 1.54) is 9.28 Å². The van der Waals surface area contributed by atoms with Gasteiger partial charge in [-0.15, -0.1) is 0 Å². The molecule has 1 aliphatic heterocycles. The second kappa shape index (κ2) is 8.52. The van der Waals surface area contributed by atoms with Crippen LogP contribution in [0.4, 0.5) is 0 Å². The summed E-state index contributed by atoms with van der Waals surface area (Å²) in [5.74, 6) is 2.54. The van der Waals surface area contributed by atoms with E-state index in [4.69, 9.17) is 14.2 Å². The molecule has 0 aromatic heterocycles. The van der Waals surface area contributed by atoms with Crippen LogP contribution < -0.4 is 14.2 Å². The molecule has 1 atom stereocenters. The fraction of sp³-hybridized carbons (Fsp3) is 0.500. The highest BCUT2D eigenvalue weighted by molar-refractivity contribution is 14.1. The van der Waals surface area contributed by atoms with Crippen LogP contribution in [0.1, 0.15) is 17.9 Å². The van der Waals surface area contributed by atoms with Crippen LogP contribution in [0, 0.1) is 0 Å². The molecule has 26 heavy (non-hydrogen) atoms. The lowest BCUT2D eigenvalue weighted by Gasteiger charge is -2.36. The summed E-state index contributed by atoms with van der Waals surface area (Å²) in [4.78, 5) is 4.88. The van der Waals surface area contributed by atoms with E-state index < -0.39 is 0 Å². The number of likely N-dealkylation sites (N-methyl/N-ethyl adjacent to an activating group) is 1. The summed E-state index contributed by atoms with van der Waals surface area (Å²) in [5.41, 5.74) is 2.50. The molecule has 1 aromatic carbocycles. The van der Waals surface area contributed by atoms with Crippen LogP contribution in [-0.2, 0) is 0 Å². The van der Waals surface area contributed by atoms with Gasteiger partial charge in [0, 0.05) is 53.0 Å². The maximum atomic E-state index is 5.63. The minimum atomic E-state index is 0.271. The zero-order valence-corrected chi connectivity index (χ0v) is 18.1. The molecule has 5 nitrogen and oxygen atoms in total. The summed E-state index contributed by atoms with van der Waals surface area (Å²) >= 11 is 2.50. The zero-order chi connectivity index (χ0) is 18.7. The normalized spacial score (nSPS) is 21.1. The number of halogens is 1. The first-order valence-electron chi connectivity index (χ1n) is 8.87. The fourth-order valence-electron chi connectivity index (χ4n) is 3.54. The Kier molecular flexibility index (Phi) is 6.34. The third-order valence-electron chi connectivity index (χ3n) is 5.14. The van der Waals surface area contributed by atoms with Crippen molar-refractivity contribution in [1.82, 2.24) is 9.80 Å². The molecule has 0 radical (unpaired) electrons. The highest BCUT2D eigenvalue weighted by atomic mass is 127. The summed E-state index contributed by atoms with van der Waals surface area (Å²) in [7, 11) is 7.20. The first kappa shape index (κ1) is 19.4. The maximum absolute atomic E-state index is 5.63. The Morgan fingerprint density at radius 2 is 1.54 bits per heavy atom. The quantitative estimate of drug-likeness (QED) is 0.614. The number of ether oxygens (including phenoxy) is 3. The Hall–Kier alpha value is -1.41. The van der Waals surface area contributed by atoms with Gasteiger partial charge in [0.1, 0.15) is 5.75 Å². The third-order valence-corrected chi connectivity index (χ3v) is 6.14. The minimum Gasteiger partial charge on any atom is -0.496 e. The van der Waals surface area contributed by atoms with Gasteiger partial charge in [-0.3, -0.25) is 0 Å². The number of rotatable bonds is 5. The molecule has 1 saturated heterocycles. The zero-order valence-electron chi connectivity index (χ0n) is 15.9. The SMILES string of the molecule is COc1cc(OC)c(C2C=CC(N3CCN(C)CC3)=C(I)C2)cc1OC. The summed E-state index contributed by atoms with van der Waals surface area (Å²) in [6.45, 7) is 4.42. The molecule has 0 N–H and O–H groups in total. The standard InChI is InChI=1S/C20H27IN2O3/c1-22-7-9-23(10-8-22)17-6-5-14(11-16(17)21)15-12-19(25-3)20(26-4)13-18(15)24-2/h5-6,12-14H,7-11H2,1-4H3. The van der Waals surface area contributed by atoms with Gasteiger partial charge in [0.25, 0.3) is 0 Å². The highest BCUT2D eigenvalue weighted by Crippen LogP contribution is 2.43. The van der Waals surface area contributed by atoms with E-state index in [9.17, 15) is 0 Å². The predicted octanol–water partition coefficient (Wildman–Crippen LogP) is 3.65. The van der Waals surface area contributed by atoms with E-state index in [1.807, 2.05) is 12.1 Å². The summed E-state index contributed by atoms with van der Waals surface area (Å²) in [6, 6.07) is 3.95. The van der Waals surface area contributed by atoms with Crippen LogP contribution in [0.3, 0.4) is 0 Å². The Labute approximate surface area is 169 Å². The molecule has 1 heterocycles. The lowest BCUT2D eigenvalue weighted by Crippen LogP contribution is -2.44. The molecule has 1 aromatic rings. The third kappa shape index (κ3) is 3.96. The maximum Gasteiger partial charge on any atom is 0.164 e. The van der Waals surface area contributed by atoms with Crippen LogP contribution >= 0.6 is 22.6 Å². The first-order chi connectivity index (χ1) is 12.6. The van der Waals surface area contributed by atoms with Gasteiger partial charge in [0.2, 0.25) is 0 Å². The smallest absolute Gasteiger partial charge is 0.164 e. The van der Waals surface area contributed by atoms with Crippen LogP contribution in [0.15, 0.2) is 33.6 Å². The number of hydrogen-bond acceptors (Lipinski definition) is 5. The average Bonchev–Trinajstić information content (AvgIpc) is 2.67. The predicted molar refractivity (Wildman–Crippen MR) is 113 cm³/mol. The van der Waals surface area contributed by atoms with E-state index in [1.54, 1.807) is 21.3 Å². The topological polar surface area (TPSA) is 34.2 Å². The van der Waals surface area contributed by atoms with Crippen molar-refractivity contribution in [3.8, 4) is 17.2 Å². The lowest BCUT2D eigenvalue weighted by molar-refractivity contribution is 0.189. The van der Waals surface area contributed by atoms with Gasteiger partial charge in [-0.2, -0.15) is 0 Å². The molecule has 0 amide bonds. The van der Waals surface area contributed by atoms with E-state index in [2.05, 4.69) is 51.6 Å². The van der Waals surface area contributed by atoms with E-state index >= 15 is 0 Å². The minimum absolute atomic E-state index is 0.271. The van der Waals surface area contributed by atoms with Crippen molar-refractivity contribution < 1.29 is 14.2 Å². The lowest BCUT2D eigenvalue weighted by atomic mass is 9.90. The molecular formula is C20H27IN2O3. The molecule has 0 bridgehead atoms. The Bertz CT molecular complexity index is 709. The fourth-order valence-corrected chi connectivity index (χ4v) is 4.54. The average molecular weight is 470 g/mol. The monoisotopic (exact) mass is 470 g/mol. The molecule has 142 valence electrons. The molecular weight excluding hydrogens is 443 g/mol.